The van der Waals surface area contributed by atoms with Gasteiger partial charge >= 0.3 is 0 Å². The summed E-state index contributed by atoms with van der Waals surface area (Å²) in [5.74, 6) is -0.490. The van der Waals surface area contributed by atoms with Crippen molar-refractivity contribution in [2.45, 2.75) is 20.8 Å². The summed E-state index contributed by atoms with van der Waals surface area (Å²) in [7, 11) is 3.80. The molecular weight excluding hydrogens is 266 g/mol. The SMILES string of the molecule is CN(C)/N=C(\C=C\N)C(C)(C)C.NC(=O)c1ccccn1. The van der Waals surface area contributed by atoms with Gasteiger partial charge in [0.05, 0.1) is 5.71 Å². The number of aromatic nitrogens is 1. The quantitative estimate of drug-likeness (QED) is 0.653. The zero-order chi connectivity index (χ0) is 16.5. The number of hydrogen-bond donors (Lipinski definition) is 2. The van der Waals surface area contributed by atoms with Gasteiger partial charge in [0.25, 0.3) is 5.91 Å². The molecule has 1 aromatic heterocycles. The standard InChI is InChI=1S/C9H19N3.C6H6N2O/c1-9(2,3)8(6-7-10)11-12(4)5;7-6(9)5-3-1-2-4-8-5/h6-7H,10H2,1-5H3;1-4H,(H2,7,9)/b7-6+,11-8+;. The van der Waals surface area contributed by atoms with Crippen molar-refractivity contribution in [2.75, 3.05) is 14.1 Å². The summed E-state index contributed by atoms with van der Waals surface area (Å²) in [4.78, 5) is 14.1. The van der Waals surface area contributed by atoms with Crippen molar-refractivity contribution < 1.29 is 4.79 Å². The molecule has 0 fully saturated rings. The van der Waals surface area contributed by atoms with E-state index in [4.69, 9.17) is 11.5 Å². The van der Waals surface area contributed by atoms with Gasteiger partial charge in [0.1, 0.15) is 5.69 Å². The summed E-state index contributed by atoms with van der Waals surface area (Å²) >= 11 is 0. The van der Waals surface area contributed by atoms with Crippen LogP contribution in [0.1, 0.15) is 31.3 Å². The van der Waals surface area contributed by atoms with Gasteiger partial charge in [-0.1, -0.05) is 26.8 Å². The highest BCUT2D eigenvalue weighted by Crippen LogP contribution is 2.17. The minimum atomic E-state index is -0.490. The number of rotatable bonds is 3. The second-order valence-electron chi connectivity index (χ2n) is 5.52. The molecule has 1 amide bonds. The van der Waals surface area contributed by atoms with E-state index in [-0.39, 0.29) is 5.41 Å². The molecule has 0 aliphatic heterocycles. The first-order valence-corrected chi connectivity index (χ1v) is 6.54. The van der Waals surface area contributed by atoms with Crippen LogP contribution >= 0.6 is 0 Å². The molecule has 0 saturated heterocycles. The molecule has 0 radical (unpaired) electrons. The molecule has 0 atom stereocenters. The molecule has 0 spiro atoms. The van der Waals surface area contributed by atoms with Crippen LogP contribution in [0.4, 0.5) is 0 Å². The predicted molar refractivity (Wildman–Crippen MR) is 86.7 cm³/mol. The molecule has 0 saturated carbocycles. The smallest absolute Gasteiger partial charge is 0.267 e. The van der Waals surface area contributed by atoms with E-state index in [0.29, 0.717) is 5.69 Å². The molecule has 4 N–H and O–H groups in total. The number of nitrogens with two attached hydrogens (primary N) is 2. The largest absolute Gasteiger partial charge is 0.405 e. The number of carbonyl (C=O) groups is 1. The Morgan fingerprint density at radius 1 is 1.33 bits per heavy atom. The summed E-state index contributed by atoms with van der Waals surface area (Å²) in [5.41, 5.74) is 11.6. The fourth-order valence-electron chi connectivity index (χ4n) is 1.25. The third-order valence-corrected chi connectivity index (χ3v) is 2.25. The van der Waals surface area contributed by atoms with E-state index in [1.807, 2.05) is 20.2 Å². The Bertz CT molecular complexity index is 487. The lowest BCUT2D eigenvalue weighted by atomic mass is 9.90. The topological polar surface area (TPSA) is 97.6 Å². The van der Waals surface area contributed by atoms with E-state index in [9.17, 15) is 4.79 Å². The molecule has 6 nitrogen and oxygen atoms in total. The first-order chi connectivity index (χ1) is 9.68. The van der Waals surface area contributed by atoms with Crippen LogP contribution in [0.5, 0.6) is 0 Å². The van der Waals surface area contributed by atoms with Crippen molar-refractivity contribution >= 4 is 11.6 Å². The number of hydrazone groups is 1. The van der Waals surface area contributed by atoms with E-state index < -0.39 is 5.91 Å². The summed E-state index contributed by atoms with van der Waals surface area (Å²) in [6.45, 7) is 6.32. The van der Waals surface area contributed by atoms with Crippen LogP contribution in [0.3, 0.4) is 0 Å². The Balaban J connectivity index is 0.000000394. The van der Waals surface area contributed by atoms with Crippen molar-refractivity contribution in [3.8, 4) is 0 Å². The first-order valence-electron chi connectivity index (χ1n) is 6.54. The summed E-state index contributed by atoms with van der Waals surface area (Å²) in [6, 6.07) is 5.02. The zero-order valence-corrected chi connectivity index (χ0v) is 13.4. The number of hydrogen-bond acceptors (Lipinski definition) is 5. The molecule has 1 aromatic rings. The molecule has 1 rings (SSSR count). The minimum absolute atomic E-state index is 0.0418. The van der Waals surface area contributed by atoms with Crippen LogP contribution in [0.15, 0.2) is 41.8 Å². The molecule has 0 unspecified atom stereocenters. The normalized spacial score (nSPS) is 11.8. The monoisotopic (exact) mass is 291 g/mol. The van der Waals surface area contributed by atoms with Crippen LogP contribution in [-0.4, -0.2) is 35.7 Å². The van der Waals surface area contributed by atoms with E-state index in [2.05, 4.69) is 30.9 Å². The molecule has 21 heavy (non-hydrogen) atoms. The maximum atomic E-state index is 10.4. The second kappa shape index (κ2) is 8.73. The lowest BCUT2D eigenvalue weighted by Gasteiger charge is -2.20. The Hall–Kier alpha value is -2.37. The van der Waals surface area contributed by atoms with E-state index >= 15 is 0 Å². The number of allylic oxidation sites excluding steroid dienone is 1. The fourth-order valence-corrected chi connectivity index (χ4v) is 1.25. The van der Waals surface area contributed by atoms with E-state index in [1.165, 1.54) is 12.4 Å². The highest BCUT2D eigenvalue weighted by Gasteiger charge is 2.16. The molecule has 0 aliphatic carbocycles. The number of pyridine rings is 1. The average Bonchev–Trinajstić information content (AvgIpc) is 2.38. The second-order valence-corrected chi connectivity index (χ2v) is 5.52. The molecule has 0 aromatic carbocycles. The van der Waals surface area contributed by atoms with Crippen LogP contribution in [0, 0.1) is 5.41 Å². The van der Waals surface area contributed by atoms with Crippen LogP contribution in [0.2, 0.25) is 0 Å². The third kappa shape index (κ3) is 8.41. The Labute approximate surface area is 126 Å². The maximum absolute atomic E-state index is 10.4. The molecule has 0 aliphatic rings. The highest BCUT2D eigenvalue weighted by molar-refractivity contribution is 5.98. The molecule has 1 heterocycles. The summed E-state index contributed by atoms with van der Waals surface area (Å²) < 4.78 is 0. The fraction of sp³-hybridized carbons (Fsp3) is 0.400. The maximum Gasteiger partial charge on any atom is 0.267 e. The molecular formula is C15H25N5O. The van der Waals surface area contributed by atoms with Crippen LogP contribution in [0.25, 0.3) is 0 Å². The Morgan fingerprint density at radius 2 is 1.95 bits per heavy atom. The first kappa shape index (κ1) is 18.6. The lowest BCUT2D eigenvalue weighted by Crippen LogP contribution is -2.21. The lowest BCUT2D eigenvalue weighted by molar-refractivity contribution is 0.0995. The number of primary amides is 1. The summed E-state index contributed by atoms with van der Waals surface area (Å²) in [6.07, 6.45) is 4.88. The highest BCUT2D eigenvalue weighted by atomic mass is 16.1. The van der Waals surface area contributed by atoms with Gasteiger partial charge in [-0.15, -0.1) is 0 Å². The van der Waals surface area contributed by atoms with Crippen LogP contribution in [-0.2, 0) is 0 Å². The van der Waals surface area contributed by atoms with Crippen molar-refractivity contribution in [3.05, 3.63) is 42.4 Å². The third-order valence-electron chi connectivity index (χ3n) is 2.25. The molecule has 116 valence electrons. The van der Waals surface area contributed by atoms with Gasteiger partial charge in [-0.2, -0.15) is 5.10 Å². The number of carbonyl (C=O) groups excluding carboxylic acids is 1. The van der Waals surface area contributed by atoms with E-state index in [0.717, 1.165) is 5.71 Å². The van der Waals surface area contributed by atoms with Gasteiger partial charge in [-0.3, -0.25) is 9.78 Å². The average molecular weight is 291 g/mol. The van der Waals surface area contributed by atoms with Crippen molar-refractivity contribution in [2.24, 2.45) is 22.0 Å². The zero-order valence-electron chi connectivity index (χ0n) is 13.4. The van der Waals surface area contributed by atoms with Crippen molar-refractivity contribution in [1.29, 1.82) is 0 Å². The van der Waals surface area contributed by atoms with Crippen molar-refractivity contribution in [1.82, 2.24) is 9.99 Å². The molecule has 6 heteroatoms. The van der Waals surface area contributed by atoms with Crippen LogP contribution < -0.4 is 11.5 Å². The van der Waals surface area contributed by atoms with Crippen molar-refractivity contribution in [3.63, 3.8) is 0 Å². The van der Waals surface area contributed by atoms with Gasteiger partial charge in [0.15, 0.2) is 0 Å². The Morgan fingerprint density at radius 3 is 2.24 bits per heavy atom. The molecule has 0 bridgehead atoms. The van der Waals surface area contributed by atoms with Gasteiger partial charge < -0.3 is 16.5 Å². The number of amides is 1. The van der Waals surface area contributed by atoms with Gasteiger partial charge in [-0.25, -0.2) is 0 Å². The van der Waals surface area contributed by atoms with E-state index in [1.54, 1.807) is 23.2 Å². The summed E-state index contributed by atoms with van der Waals surface area (Å²) in [5, 5.41) is 6.10. The number of nitrogens with zero attached hydrogens (tertiary/aromatic N) is 3. The minimum Gasteiger partial charge on any atom is -0.405 e. The Kier molecular flexibility index (Phi) is 7.75. The predicted octanol–water partition coefficient (Wildman–Crippen LogP) is 1.60. The van der Waals surface area contributed by atoms with Gasteiger partial charge in [0, 0.05) is 25.7 Å². The van der Waals surface area contributed by atoms with Gasteiger partial charge in [-0.05, 0) is 24.4 Å². The van der Waals surface area contributed by atoms with Gasteiger partial charge in [0.2, 0.25) is 0 Å².